The van der Waals surface area contributed by atoms with Crippen LogP contribution in [0.1, 0.15) is 28.8 Å². The van der Waals surface area contributed by atoms with E-state index in [0.29, 0.717) is 28.6 Å². The Kier molecular flexibility index (Phi) is 4.12. The predicted octanol–water partition coefficient (Wildman–Crippen LogP) is 1.29. The fourth-order valence-corrected chi connectivity index (χ4v) is 4.84. The van der Waals surface area contributed by atoms with Crippen LogP contribution >= 0.6 is 0 Å². The Hall–Kier alpha value is -3.30. The van der Waals surface area contributed by atoms with Crippen molar-refractivity contribution in [1.29, 1.82) is 0 Å². The summed E-state index contributed by atoms with van der Waals surface area (Å²) in [5, 5.41) is 30.1. The van der Waals surface area contributed by atoms with Gasteiger partial charge in [0.1, 0.15) is 35.3 Å². The van der Waals surface area contributed by atoms with Crippen molar-refractivity contribution < 1.29 is 24.4 Å². The first-order chi connectivity index (χ1) is 14.5. The molecule has 30 heavy (non-hydrogen) atoms. The summed E-state index contributed by atoms with van der Waals surface area (Å²) in [7, 11) is 3.04. The van der Waals surface area contributed by atoms with Crippen molar-refractivity contribution in [2.75, 3.05) is 20.0 Å². The molecule has 9 heteroatoms. The summed E-state index contributed by atoms with van der Waals surface area (Å²) in [5.41, 5.74) is 5.25. The second kappa shape index (κ2) is 6.61. The number of ether oxygens (including phenoxy) is 3. The van der Waals surface area contributed by atoms with Crippen molar-refractivity contribution in [3.63, 3.8) is 0 Å². The normalized spacial score (nSPS) is 29.2. The first-order valence-electron chi connectivity index (χ1n) is 9.55. The Morgan fingerprint density at radius 3 is 2.53 bits per heavy atom. The maximum atomic E-state index is 11.9. The van der Waals surface area contributed by atoms with Gasteiger partial charge in [0, 0.05) is 18.1 Å². The minimum atomic E-state index is -1.74. The van der Waals surface area contributed by atoms with Crippen LogP contribution in [0.3, 0.4) is 0 Å². The third-order valence-electron chi connectivity index (χ3n) is 6.11. The lowest BCUT2D eigenvalue weighted by Gasteiger charge is -2.27. The number of H-pyrrole nitrogens is 1. The van der Waals surface area contributed by atoms with E-state index in [1.54, 1.807) is 12.1 Å². The van der Waals surface area contributed by atoms with E-state index in [9.17, 15) is 10.2 Å². The second-order valence-corrected chi connectivity index (χ2v) is 7.55. The van der Waals surface area contributed by atoms with E-state index < -0.39 is 29.6 Å². The minimum absolute atomic E-state index is 0.0664. The average molecular weight is 410 g/mol. The number of aromatic amines is 1. The van der Waals surface area contributed by atoms with Gasteiger partial charge in [0.15, 0.2) is 5.60 Å². The summed E-state index contributed by atoms with van der Waals surface area (Å²) < 4.78 is 17.1. The fourth-order valence-electron chi connectivity index (χ4n) is 4.84. The van der Waals surface area contributed by atoms with Gasteiger partial charge in [-0.15, -0.1) is 5.10 Å². The molecule has 156 valence electrons. The zero-order chi connectivity index (χ0) is 21.0. The van der Waals surface area contributed by atoms with Crippen LogP contribution in [0.5, 0.6) is 17.2 Å². The van der Waals surface area contributed by atoms with Gasteiger partial charge in [0.05, 0.1) is 25.7 Å². The van der Waals surface area contributed by atoms with Gasteiger partial charge in [-0.25, -0.2) is 0 Å². The smallest absolute Gasteiger partial charge is 0.239 e. The number of aliphatic hydroxyl groups is 2. The highest BCUT2D eigenvalue weighted by atomic mass is 16.5. The van der Waals surface area contributed by atoms with Gasteiger partial charge in [0.25, 0.3) is 0 Å². The molecule has 1 aromatic heterocycles. The SMILES string of the molecule is COc1cc(OC)c2c(c1)OC1[C@H](c3ccccc3)C(c3nc(N)n[nH]3)C(O)[C@@]21O. The van der Waals surface area contributed by atoms with Crippen molar-refractivity contribution in [3.05, 3.63) is 59.4 Å². The van der Waals surface area contributed by atoms with E-state index in [2.05, 4.69) is 15.2 Å². The number of nitrogens with one attached hydrogen (secondary N) is 1. The number of hydrogen-bond acceptors (Lipinski definition) is 8. The van der Waals surface area contributed by atoms with Crippen LogP contribution in [-0.2, 0) is 5.60 Å². The highest BCUT2D eigenvalue weighted by molar-refractivity contribution is 5.59. The van der Waals surface area contributed by atoms with E-state index in [0.717, 1.165) is 5.56 Å². The van der Waals surface area contributed by atoms with Crippen LogP contribution < -0.4 is 19.9 Å². The van der Waals surface area contributed by atoms with E-state index in [-0.39, 0.29) is 5.95 Å². The average Bonchev–Trinajstić information content (AvgIpc) is 3.38. The highest BCUT2D eigenvalue weighted by Crippen LogP contribution is 2.62. The second-order valence-electron chi connectivity index (χ2n) is 7.55. The number of hydrogen-bond donors (Lipinski definition) is 4. The number of aliphatic hydroxyl groups excluding tert-OH is 1. The lowest BCUT2D eigenvalue weighted by Crippen LogP contribution is -2.43. The highest BCUT2D eigenvalue weighted by Gasteiger charge is 2.68. The molecule has 1 saturated carbocycles. The van der Waals surface area contributed by atoms with Crippen LogP contribution in [0.15, 0.2) is 42.5 Å². The van der Waals surface area contributed by atoms with Crippen LogP contribution in [0.25, 0.3) is 0 Å². The lowest BCUT2D eigenvalue weighted by molar-refractivity contribution is -0.0950. The molecule has 0 amide bonds. The molecular weight excluding hydrogens is 388 g/mol. The molecule has 2 aromatic carbocycles. The number of nitrogen functional groups attached to an aromatic ring is 1. The van der Waals surface area contributed by atoms with E-state index >= 15 is 0 Å². The van der Waals surface area contributed by atoms with E-state index in [1.165, 1.54) is 14.2 Å². The van der Waals surface area contributed by atoms with Gasteiger partial charge in [-0.3, -0.25) is 5.10 Å². The van der Waals surface area contributed by atoms with Gasteiger partial charge in [-0.05, 0) is 5.56 Å². The molecule has 3 unspecified atom stereocenters. The molecule has 1 fully saturated rings. The number of nitrogens with two attached hydrogens (primary N) is 1. The molecular formula is C21H22N4O5. The Morgan fingerprint density at radius 1 is 1.13 bits per heavy atom. The Labute approximate surface area is 172 Å². The number of fused-ring (bicyclic) bond motifs is 3. The number of methoxy groups -OCH3 is 2. The molecule has 1 aliphatic carbocycles. The molecule has 0 spiro atoms. The Morgan fingerprint density at radius 2 is 1.90 bits per heavy atom. The van der Waals surface area contributed by atoms with Crippen LogP contribution in [-0.4, -0.2) is 51.8 Å². The van der Waals surface area contributed by atoms with Crippen LogP contribution in [0.4, 0.5) is 5.95 Å². The van der Waals surface area contributed by atoms with Crippen LogP contribution in [0, 0.1) is 0 Å². The first-order valence-corrected chi connectivity index (χ1v) is 9.55. The van der Waals surface area contributed by atoms with Gasteiger partial charge < -0.3 is 30.2 Å². The summed E-state index contributed by atoms with van der Waals surface area (Å²) in [6, 6.07) is 12.9. The van der Waals surface area contributed by atoms with Crippen molar-refractivity contribution in [2.45, 2.75) is 29.6 Å². The third kappa shape index (κ3) is 2.42. The summed E-state index contributed by atoms with van der Waals surface area (Å²) in [4.78, 5) is 4.24. The van der Waals surface area contributed by atoms with Gasteiger partial charge >= 0.3 is 0 Å². The summed E-state index contributed by atoms with van der Waals surface area (Å²) in [5.74, 6) is 0.700. The number of nitrogens with zero attached hydrogens (tertiary/aromatic N) is 2. The fraction of sp³-hybridized carbons (Fsp3) is 0.333. The number of rotatable bonds is 4. The Balaban J connectivity index is 1.72. The molecule has 1 aliphatic heterocycles. The molecule has 0 bridgehead atoms. The number of benzene rings is 2. The minimum Gasteiger partial charge on any atom is -0.496 e. The zero-order valence-electron chi connectivity index (χ0n) is 16.4. The summed E-state index contributed by atoms with van der Waals surface area (Å²) in [6.07, 6.45) is -2.05. The van der Waals surface area contributed by atoms with Crippen molar-refractivity contribution in [1.82, 2.24) is 15.2 Å². The monoisotopic (exact) mass is 410 g/mol. The van der Waals surface area contributed by atoms with Crippen molar-refractivity contribution in [2.24, 2.45) is 0 Å². The lowest BCUT2D eigenvalue weighted by atomic mass is 9.86. The molecule has 5 atom stereocenters. The molecule has 0 radical (unpaired) electrons. The van der Waals surface area contributed by atoms with Gasteiger partial charge in [0.2, 0.25) is 5.95 Å². The maximum Gasteiger partial charge on any atom is 0.239 e. The zero-order valence-corrected chi connectivity index (χ0v) is 16.4. The molecule has 0 saturated heterocycles. The van der Waals surface area contributed by atoms with Crippen molar-refractivity contribution in [3.8, 4) is 17.2 Å². The first kappa shape index (κ1) is 18.7. The molecule has 2 heterocycles. The molecule has 5 rings (SSSR count). The standard InChI is InChI=1S/C21H22N4O5/c1-28-11-8-12(29-2)16-13(9-11)30-18-14(10-6-4-3-5-7-10)15(17(26)21(16,18)27)19-23-20(22)25-24-19/h3-9,14-15,17-18,26-27H,1-2H3,(H3,22,23,24,25)/t14-,15?,17?,18?,21+/m1/s1. The molecule has 9 nitrogen and oxygen atoms in total. The largest absolute Gasteiger partial charge is 0.496 e. The Bertz CT molecular complexity index is 1090. The third-order valence-corrected chi connectivity index (χ3v) is 6.11. The summed E-state index contributed by atoms with van der Waals surface area (Å²) >= 11 is 0. The van der Waals surface area contributed by atoms with Gasteiger partial charge in [-0.1, -0.05) is 30.3 Å². The quantitative estimate of drug-likeness (QED) is 0.505. The maximum absolute atomic E-state index is 11.9. The van der Waals surface area contributed by atoms with Crippen molar-refractivity contribution >= 4 is 5.95 Å². The van der Waals surface area contributed by atoms with E-state index in [1.807, 2.05) is 30.3 Å². The topological polar surface area (TPSA) is 136 Å². The van der Waals surface area contributed by atoms with Crippen LogP contribution in [0.2, 0.25) is 0 Å². The molecule has 5 N–H and O–H groups in total. The molecule has 2 aliphatic rings. The molecule has 3 aromatic rings. The van der Waals surface area contributed by atoms with E-state index in [4.69, 9.17) is 19.9 Å². The summed E-state index contributed by atoms with van der Waals surface area (Å²) in [6.45, 7) is 0. The van der Waals surface area contributed by atoms with Gasteiger partial charge in [-0.2, -0.15) is 4.98 Å². The number of anilines is 1. The predicted molar refractivity (Wildman–Crippen MR) is 107 cm³/mol. The number of aromatic nitrogens is 3.